The normalized spacial score (nSPS) is 10.2. The lowest BCUT2D eigenvalue weighted by Crippen LogP contribution is -2.12. The van der Waals surface area contributed by atoms with Gasteiger partial charge < -0.3 is 10.6 Å². The predicted molar refractivity (Wildman–Crippen MR) is 92.7 cm³/mol. The first-order valence-electron chi connectivity index (χ1n) is 7.41. The van der Waals surface area contributed by atoms with Crippen molar-refractivity contribution in [2.24, 2.45) is 0 Å². The Morgan fingerprint density at radius 2 is 1.54 bits per heavy atom. The Morgan fingerprint density at radius 3 is 2.17 bits per heavy atom. The third-order valence-corrected chi connectivity index (χ3v) is 3.41. The van der Waals surface area contributed by atoms with Crippen LogP contribution in [0.5, 0.6) is 0 Å². The van der Waals surface area contributed by atoms with E-state index in [-0.39, 0.29) is 11.8 Å². The fourth-order valence-corrected chi connectivity index (χ4v) is 2.32. The van der Waals surface area contributed by atoms with E-state index in [9.17, 15) is 9.59 Å². The molecule has 0 bridgehead atoms. The summed E-state index contributed by atoms with van der Waals surface area (Å²) >= 11 is 0. The van der Waals surface area contributed by atoms with Crippen molar-refractivity contribution in [3.05, 3.63) is 66.4 Å². The Bertz CT molecular complexity index is 854. The SMILES string of the molecule is CC(=O)Nc1ccc(NC(=O)c2cn[nH]c2-c2ccccc2)cc1. The molecule has 3 aromatic rings. The zero-order valence-corrected chi connectivity index (χ0v) is 13.0. The highest BCUT2D eigenvalue weighted by Crippen LogP contribution is 2.22. The molecule has 0 atom stereocenters. The summed E-state index contributed by atoms with van der Waals surface area (Å²) in [6, 6.07) is 16.4. The van der Waals surface area contributed by atoms with Gasteiger partial charge in [-0.3, -0.25) is 14.7 Å². The fraction of sp³-hybridized carbons (Fsp3) is 0.0556. The fourth-order valence-electron chi connectivity index (χ4n) is 2.32. The number of H-pyrrole nitrogens is 1. The quantitative estimate of drug-likeness (QED) is 0.689. The number of nitrogens with zero attached hydrogens (tertiary/aromatic N) is 1. The number of carbonyl (C=O) groups is 2. The highest BCUT2D eigenvalue weighted by molar-refractivity contribution is 6.08. The standard InChI is InChI=1S/C18H16N4O2/c1-12(23)20-14-7-9-15(10-8-14)21-18(24)16-11-19-22-17(16)13-5-3-2-4-6-13/h2-11H,1H3,(H,19,22)(H,20,23)(H,21,24). The van der Waals surface area contributed by atoms with Crippen LogP contribution in [-0.4, -0.2) is 22.0 Å². The monoisotopic (exact) mass is 320 g/mol. The zero-order chi connectivity index (χ0) is 16.9. The molecule has 0 saturated carbocycles. The van der Waals surface area contributed by atoms with E-state index in [4.69, 9.17) is 0 Å². The molecular weight excluding hydrogens is 304 g/mol. The average Bonchev–Trinajstić information content (AvgIpc) is 3.07. The number of benzene rings is 2. The van der Waals surface area contributed by atoms with Gasteiger partial charge in [-0.25, -0.2) is 0 Å². The van der Waals surface area contributed by atoms with Gasteiger partial charge in [-0.2, -0.15) is 5.10 Å². The van der Waals surface area contributed by atoms with Crippen LogP contribution in [0.15, 0.2) is 60.8 Å². The summed E-state index contributed by atoms with van der Waals surface area (Å²) in [6.45, 7) is 1.44. The molecule has 0 spiro atoms. The first kappa shape index (κ1) is 15.5. The van der Waals surface area contributed by atoms with E-state index in [1.54, 1.807) is 24.3 Å². The summed E-state index contributed by atoms with van der Waals surface area (Å²) in [5.74, 6) is -0.396. The van der Waals surface area contributed by atoms with Crippen molar-refractivity contribution in [3.63, 3.8) is 0 Å². The van der Waals surface area contributed by atoms with Gasteiger partial charge in [0.1, 0.15) is 0 Å². The summed E-state index contributed by atoms with van der Waals surface area (Å²) in [7, 11) is 0. The first-order chi connectivity index (χ1) is 11.6. The zero-order valence-electron chi connectivity index (χ0n) is 13.0. The number of aromatic amines is 1. The van der Waals surface area contributed by atoms with Gasteiger partial charge in [-0.05, 0) is 24.3 Å². The Labute approximate surface area is 138 Å². The van der Waals surface area contributed by atoms with E-state index in [1.807, 2.05) is 30.3 Å². The van der Waals surface area contributed by atoms with Crippen LogP contribution in [-0.2, 0) is 4.79 Å². The maximum atomic E-state index is 12.5. The van der Waals surface area contributed by atoms with Crippen LogP contribution in [0, 0.1) is 0 Å². The topological polar surface area (TPSA) is 86.9 Å². The van der Waals surface area contributed by atoms with Crippen molar-refractivity contribution < 1.29 is 9.59 Å². The Balaban J connectivity index is 1.76. The maximum Gasteiger partial charge on any atom is 0.259 e. The number of anilines is 2. The van der Waals surface area contributed by atoms with E-state index < -0.39 is 0 Å². The number of carbonyl (C=O) groups excluding carboxylic acids is 2. The van der Waals surface area contributed by atoms with Crippen molar-refractivity contribution in [2.75, 3.05) is 10.6 Å². The lowest BCUT2D eigenvalue weighted by Gasteiger charge is -2.07. The van der Waals surface area contributed by atoms with Crippen LogP contribution in [0.1, 0.15) is 17.3 Å². The molecule has 2 aromatic carbocycles. The van der Waals surface area contributed by atoms with Gasteiger partial charge in [0.25, 0.3) is 5.91 Å². The number of aromatic nitrogens is 2. The van der Waals surface area contributed by atoms with E-state index in [0.717, 1.165) is 5.56 Å². The molecule has 2 amide bonds. The number of hydrogen-bond donors (Lipinski definition) is 3. The van der Waals surface area contributed by atoms with Gasteiger partial charge >= 0.3 is 0 Å². The Morgan fingerprint density at radius 1 is 0.917 bits per heavy atom. The molecule has 1 aromatic heterocycles. The molecule has 0 aliphatic heterocycles. The Kier molecular flexibility index (Phi) is 4.38. The molecule has 0 fully saturated rings. The number of hydrogen-bond acceptors (Lipinski definition) is 3. The van der Waals surface area contributed by atoms with Crippen LogP contribution < -0.4 is 10.6 Å². The summed E-state index contributed by atoms with van der Waals surface area (Å²) < 4.78 is 0. The Hall–Kier alpha value is -3.41. The molecule has 0 radical (unpaired) electrons. The van der Waals surface area contributed by atoms with Gasteiger partial charge in [0.05, 0.1) is 17.5 Å². The molecule has 24 heavy (non-hydrogen) atoms. The van der Waals surface area contributed by atoms with Crippen molar-refractivity contribution in [2.45, 2.75) is 6.92 Å². The summed E-state index contributed by atoms with van der Waals surface area (Å²) in [4.78, 5) is 23.5. The van der Waals surface area contributed by atoms with Crippen LogP contribution in [0.25, 0.3) is 11.3 Å². The molecule has 3 N–H and O–H groups in total. The van der Waals surface area contributed by atoms with Crippen LogP contribution >= 0.6 is 0 Å². The minimum atomic E-state index is -0.255. The van der Waals surface area contributed by atoms with Crippen molar-refractivity contribution in [1.29, 1.82) is 0 Å². The lowest BCUT2D eigenvalue weighted by molar-refractivity contribution is -0.114. The molecule has 0 aliphatic carbocycles. The van der Waals surface area contributed by atoms with Gasteiger partial charge in [0, 0.05) is 23.9 Å². The summed E-state index contributed by atoms with van der Waals surface area (Å²) in [5.41, 5.74) is 3.33. The highest BCUT2D eigenvalue weighted by Gasteiger charge is 2.15. The van der Waals surface area contributed by atoms with Crippen LogP contribution in [0.2, 0.25) is 0 Å². The predicted octanol–water partition coefficient (Wildman–Crippen LogP) is 3.29. The molecule has 6 heteroatoms. The van der Waals surface area contributed by atoms with Crippen molar-refractivity contribution in [3.8, 4) is 11.3 Å². The molecule has 6 nitrogen and oxygen atoms in total. The molecule has 0 saturated heterocycles. The second kappa shape index (κ2) is 6.78. The highest BCUT2D eigenvalue weighted by atomic mass is 16.2. The maximum absolute atomic E-state index is 12.5. The van der Waals surface area contributed by atoms with Crippen molar-refractivity contribution in [1.82, 2.24) is 10.2 Å². The summed E-state index contributed by atoms with van der Waals surface area (Å²) in [6.07, 6.45) is 1.50. The van der Waals surface area contributed by atoms with Crippen molar-refractivity contribution >= 4 is 23.2 Å². The van der Waals surface area contributed by atoms with E-state index in [2.05, 4.69) is 20.8 Å². The smallest absolute Gasteiger partial charge is 0.259 e. The van der Waals surface area contributed by atoms with Crippen LogP contribution in [0.4, 0.5) is 11.4 Å². The molecule has 3 rings (SSSR count). The van der Waals surface area contributed by atoms with Gasteiger partial charge in [-0.15, -0.1) is 0 Å². The lowest BCUT2D eigenvalue weighted by atomic mass is 10.1. The molecule has 0 unspecified atom stereocenters. The average molecular weight is 320 g/mol. The second-order valence-electron chi connectivity index (χ2n) is 5.24. The van der Waals surface area contributed by atoms with Gasteiger partial charge in [0.15, 0.2) is 0 Å². The second-order valence-corrected chi connectivity index (χ2v) is 5.24. The molecular formula is C18H16N4O2. The summed E-state index contributed by atoms with van der Waals surface area (Å²) in [5, 5.41) is 12.3. The van der Waals surface area contributed by atoms with Crippen LogP contribution in [0.3, 0.4) is 0 Å². The minimum Gasteiger partial charge on any atom is -0.326 e. The third kappa shape index (κ3) is 3.49. The molecule has 0 aliphatic rings. The van der Waals surface area contributed by atoms with E-state index in [1.165, 1.54) is 13.1 Å². The van der Waals surface area contributed by atoms with Gasteiger partial charge in [-0.1, -0.05) is 30.3 Å². The number of nitrogens with one attached hydrogen (secondary N) is 3. The van der Waals surface area contributed by atoms with E-state index >= 15 is 0 Å². The number of rotatable bonds is 4. The first-order valence-corrected chi connectivity index (χ1v) is 7.41. The van der Waals surface area contributed by atoms with Gasteiger partial charge in [0.2, 0.25) is 5.91 Å². The number of amides is 2. The largest absolute Gasteiger partial charge is 0.326 e. The molecule has 1 heterocycles. The molecule has 120 valence electrons. The van der Waals surface area contributed by atoms with E-state index in [0.29, 0.717) is 22.6 Å². The third-order valence-electron chi connectivity index (χ3n) is 3.41. The minimum absolute atomic E-state index is 0.141.